The third kappa shape index (κ3) is 2.25. The summed E-state index contributed by atoms with van der Waals surface area (Å²) >= 11 is 0. The van der Waals surface area contributed by atoms with E-state index in [2.05, 4.69) is 10.3 Å². The predicted molar refractivity (Wildman–Crippen MR) is 55.6 cm³/mol. The van der Waals surface area contributed by atoms with E-state index in [1.54, 1.807) is 13.0 Å². The van der Waals surface area contributed by atoms with E-state index >= 15 is 0 Å². The summed E-state index contributed by atoms with van der Waals surface area (Å²) in [5, 5.41) is 2.50. The van der Waals surface area contributed by atoms with E-state index in [0.29, 0.717) is 11.6 Å². The van der Waals surface area contributed by atoms with Crippen molar-refractivity contribution in [2.45, 2.75) is 6.92 Å². The molecule has 1 heterocycles. The number of aryl methyl sites for hydroxylation is 1. The Labute approximate surface area is 91.1 Å². The van der Waals surface area contributed by atoms with Crippen LogP contribution in [0.3, 0.4) is 0 Å². The van der Waals surface area contributed by atoms with Crippen molar-refractivity contribution in [3.8, 4) is 0 Å². The zero-order valence-corrected chi connectivity index (χ0v) is 8.53. The minimum absolute atomic E-state index is 0.0989. The number of aromatic nitrogens is 1. The molecule has 1 aromatic heterocycles. The molecule has 4 nitrogen and oxygen atoms in total. The van der Waals surface area contributed by atoms with Crippen LogP contribution in [0, 0.1) is 12.7 Å². The molecule has 5 heteroatoms. The van der Waals surface area contributed by atoms with Crippen molar-refractivity contribution in [3.63, 3.8) is 0 Å². The highest BCUT2D eigenvalue weighted by molar-refractivity contribution is 6.01. The van der Waals surface area contributed by atoms with Crippen LogP contribution in [-0.4, -0.2) is 10.9 Å². The zero-order chi connectivity index (χ0) is 11.5. The van der Waals surface area contributed by atoms with Crippen molar-refractivity contribution >= 4 is 11.6 Å². The Balaban J connectivity index is 2.13. The molecule has 16 heavy (non-hydrogen) atoms. The molecule has 82 valence electrons. The number of oxazole rings is 1. The number of hydrogen-bond acceptors (Lipinski definition) is 3. The normalized spacial score (nSPS) is 10.1. The number of nitrogens with zero attached hydrogens (tertiary/aromatic N) is 1. The summed E-state index contributed by atoms with van der Waals surface area (Å²) in [4.78, 5) is 15.4. The van der Waals surface area contributed by atoms with Crippen LogP contribution in [-0.2, 0) is 0 Å². The molecule has 0 bridgehead atoms. The number of rotatable bonds is 2. The van der Waals surface area contributed by atoms with Gasteiger partial charge in [0.1, 0.15) is 5.82 Å². The molecule has 2 aromatic rings. The summed E-state index contributed by atoms with van der Waals surface area (Å²) in [6.07, 6.45) is 1.32. The molecule has 1 amide bonds. The Hall–Kier alpha value is -2.17. The van der Waals surface area contributed by atoms with Gasteiger partial charge in [-0.1, -0.05) is 6.07 Å². The Bertz CT molecular complexity index is 522. The highest BCUT2D eigenvalue weighted by Crippen LogP contribution is 2.11. The van der Waals surface area contributed by atoms with E-state index in [1.807, 2.05) is 0 Å². The molecule has 1 aromatic carbocycles. The van der Waals surface area contributed by atoms with E-state index in [1.165, 1.54) is 24.4 Å². The van der Waals surface area contributed by atoms with Crippen molar-refractivity contribution < 1.29 is 13.6 Å². The SMILES string of the molecule is Cc1ncc(C(=O)Nc2cccc(F)c2)o1. The van der Waals surface area contributed by atoms with Gasteiger partial charge < -0.3 is 9.73 Å². The molecular weight excluding hydrogens is 211 g/mol. The zero-order valence-electron chi connectivity index (χ0n) is 8.53. The van der Waals surface area contributed by atoms with Gasteiger partial charge >= 0.3 is 0 Å². The molecule has 2 rings (SSSR count). The lowest BCUT2D eigenvalue weighted by molar-refractivity contribution is 0.0995. The van der Waals surface area contributed by atoms with Crippen LogP contribution in [0.1, 0.15) is 16.4 Å². The first-order valence-electron chi connectivity index (χ1n) is 4.64. The second-order valence-corrected chi connectivity index (χ2v) is 3.21. The average Bonchev–Trinajstić information content (AvgIpc) is 2.65. The molecule has 0 saturated carbocycles. The molecule has 0 aliphatic carbocycles. The lowest BCUT2D eigenvalue weighted by Gasteiger charge is -2.01. The summed E-state index contributed by atoms with van der Waals surface area (Å²) in [5.74, 6) is -0.357. The van der Waals surface area contributed by atoms with Crippen LogP contribution in [0.15, 0.2) is 34.9 Å². The van der Waals surface area contributed by atoms with Gasteiger partial charge in [0.15, 0.2) is 5.89 Å². The summed E-state index contributed by atoms with van der Waals surface area (Å²) in [5.41, 5.74) is 0.374. The number of carbonyl (C=O) groups excluding carboxylic acids is 1. The molecule has 0 aliphatic heterocycles. The van der Waals surface area contributed by atoms with Gasteiger partial charge in [-0.3, -0.25) is 4.79 Å². The molecular formula is C11H9FN2O2. The second kappa shape index (κ2) is 4.14. The maximum absolute atomic E-state index is 12.8. The Morgan fingerprint density at radius 1 is 1.50 bits per heavy atom. The molecule has 0 spiro atoms. The van der Waals surface area contributed by atoms with Crippen molar-refractivity contribution in [1.82, 2.24) is 4.98 Å². The fourth-order valence-corrected chi connectivity index (χ4v) is 1.23. The van der Waals surface area contributed by atoms with Crippen LogP contribution in [0.25, 0.3) is 0 Å². The molecule has 1 N–H and O–H groups in total. The van der Waals surface area contributed by atoms with Crippen molar-refractivity contribution in [2.24, 2.45) is 0 Å². The smallest absolute Gasteiger partial charge is 0.293 e. The molecule has 0 radical (unpaired) electrons. The number of carbonyl (C=O) groups is 1. The van der Waals surface area contributed by atoms with Gasteiger partial charge in [0, 0.05) is 12.6 Å². The van der Waals surface area contributed by atoms with Crippen molar-refractivity contribution in [3.05, 3.63) is 47.9 Å². The molecule has 0 aliphatic rings. The van der Waals surface area contributed by atoms with Gasteiger partial charge in [-0.2, -0.15) is 0 Å². The Morgan fingerprint density at radius 3 is 2.94 bits per heavy atom. The minimum atomic E-state index is -0.453. The molecule has 0 fully saturated rings. The van der Waals surface area contributed by atoms with Crippen LogP contribution in [0.4, 0.5) is 10.1 Å². The van der Waals surface area contributed by atoms with E-state index in [0.717, 1.165) is 0 Å². The first-order chi connectivity index (χ1) is 7.65. The van der Waals surface area contributed by atoms with E-state index in [9.17, 15) is 9.18 Å². The lowest BCUT2D eigenvalue weighted by atomic mass is 10.3. The van der Waals surface area contributed by atoms with Gasteiger partial charge in [0.05, 0.1) is 6.20 Å². The van der Waals surface area contributed by atoms with Crippen LogP contribution in [0.2, 0.25) is 0 Å². The molecule has 0 atom stereocenters. The minimum Gasteiger partial charge on any atom is -0.436 e. The standard InChI is InChI=1S/C11H9FN2O2/c1-7-13-6-10(16-7)11(15)14-9-4-2-3-8(12)5-9/h2-6H,1H3,(H,14,15). The number of nitrogens with one attached hydrogen (secondary N) is 1. The number of hydrogen-bond donors (Lipinski definition) is 1. The summed E-state index contributed by atoms with van der Waals surface area (Å²) < 4.78 is 17.9. The van der Waals surface area contributed by atoms with Crippen molar-refractivity contribution in [1.29, 1.82) is 0 Å². The summed E-state index contributed by atoms with van der Waals surface area (Å²) in [7, 11) is 0. The van der Waals surface area contributed by atoms with E-state index in [4.69, 9.17) is 4.42 Å². The van der Waals surface area contributed by atoms with Gasteiger partial charge in [0.2, 0.25) is 5.76 Å². The fraction of sp³-hybridized carbons (Fsp3) is 0.0909. The van der Waals surface area contributed by atoms with Gasteiger partial charge in [-0.05, 0) is 18.2 Å². The summed E-state index contributed by atoms with van der Waals surface area (Å²) in [6, 6.07) is 5.62. The Kier molecular flexibility index (Phi) is 2.68. The quantitative estimate of drug-likeness (QED) is 0.845. The number of anilines is 1. The lowest BCUT2D eigenvalue weighted by Crippen LogP contribution is -2.10. The maximum Gasteiger partial charge on any atom is 0.293 e. The van der Waals surface area contributed by atoms with Crippen LogP contribution < -0.4 is 5.32 Å². The van der Waals surface area contributed by atoms with Gasteiger partial charge in [-0.15, -0.1) is 0 Å². The van der Waals surface area contributed by atoms with Gasteiger partial charge in [0.25, 0.3) is 5.91 Å². The van der Waals surface area contributed by atoms with Gasteiger partial charge in [-0.25, -0.2) is 9.37 Å². The van der Waals surface area contributed by atoms with E-state index in [-0.39, 0.29) is 5.76 Å². The molecule has 0 unspecified atom stereocenters. The fourth-order valence-electron chi connectivity index (χ4n) is 1.23. The highest BCUT2D eigenvalue weighted by atomic mass is 19.1. The Morgan fingerprint density at radius 2 is 2.31 bits per heavy atom. The number of amides is 1. The average molecular weight is 220 g/mol. The number of halogens is 1. The van der Waals surface area contributed by atoms with Crippen LogP contribution in [0.5, 0.6) is 0 Å². The second-order valence-electron chi connectivity index (χ2n) is 3.21. The van der Waals surface area contributed by atoms with Crippen LogP contribution >= 0.6 is 0 Å². The predicted octanol–water partition coefficient (Wildman–Crippen LogP) is 2.37. The third-order valence-electron chi connectivity index (χ3n) is 1.93. The monoisotopic (exact) mass is 220 g/mol. The largest absolute Gasteiger partial charge is 0.436 e. The first-order valence-corrected chi connectivity index (χ1v) is 4.64. The third-order valence-corrected chi connectivity index (χ3v) is 1.93. The van der Waals surface area contributed by atoms with Crippen molar-refractivity contribution in [2.75, 3.05) is 5.32 Å². The topological polar surface area (TPSA) is 55.1 Å². The molecule has 0 saturated heterocycles. The number of benzene rings is 1. The maximum atomic E-state index is 12.8. The van der Waals surface area contributed by atoms with E-state index < -0.39 is 11.7 Å². The highest BCUT2D eigenvalue weighted by Gasteiger charge is 2.11. The first kappa shape index (κ1) is 10.4. The summed E-state index contributed by atoms with van der Waals surface area (Å²) in [6.45, 7) is 1.64.